The predicted octanol–water partition coefficient (Wildman–Crippen LogP) is 4.74. The Morgan fingerprint density at radius 2 is 1.76 bits per heavy atom. The summed E-state index contributed by atoms with van der Waals surface area (Å²) in [6, 6.07) is 13.7. The molecule has 0 radical (unpaired) electrons. The number of aromatic nitrogens is 2. The van der Waals surface area contributed by atoms with Crippen LogP contribution in [-0.4, -0.2) is 36.6 Å². The van der Waals surface area contributed by atoms with Crippen molar-refractivity contribution in [2.75, 3.05) is 22.7 Å². The Morgan fingerprint density at radius 1 is 1.06 bits per heavy atom. The first-order valence-corrected chi connectivity index (χ1v) is 12.2. The maximum atomic E-state index is 12.7. The number of rotatable bonds is 6. The van der Waals surface area contributed by atoms with E-state index < -0.39 is 14.9 Å². The lowest BCUT2D eigenvalue weighted by Gasteiger charge is -2.30. The zero-order valence-electron chi connectivity index (χ0n) is 17.8. The number of nitro groups is 1. The van der Waals surface area contributed by atoms with Crippen LogP contribution in [0.25, 0.3) is 11.3 Å². The lowest BCUT2D eigenvalue weighted by Crippen LogP contribution is -2.33. The van der Waals surface area contributed by atoms with Gasteiger partial charge in [0.1, 0.15) is 4.90 Å². The summed E-state index contributed by atoms with van der Waals surface area (Å²) in [5.74, 6) is 1.58. The molecule has 2 aromatic carbocycles. The van der Waals surface area contributed by atoms with E-state index in [9.17, 15) is 18.5 Å². The van der Waals surface area contributed by atoms with Crippen LogP contribution in [0.2, 0.25) is 5.02 Å². The van der Waals surface area contributed by atoms with Gasteiger partial charge in [-0.25, -0.2) is 8.42 Å². The monoisotopic (exact) mass is 487 g/mol. The fourth-order valence-corrected chi connectivity index (χ4v) is 5.20. The second-order valence-electron chi connectivity index (χ2n) is 8.00. The molecule has 1 aliphatic rings. The Bertz CT molecular complexity index is 1260. The van der Waals surface area contributed by atoms with Gasteiger partial charge in [0.2, 0.25) is 0 Å². The summed E-state index contributed by atoms with van der Waals surface area (Å²) in [5.41, 5.74) is 1.36. The van der Waals surface area contributed by atoms with Crippen molar-refractivity contribution in [2.45, 2.75) is 24.7 Å². The highest BCUT2D eigenvalue weighted by atomic mass is 35.5. The van der Waals surface area contributed by atoms with Gasteiger partial charge in [0.15, 0.2) is 5.82 Å². The van der Waals surface area contributed by atoms with E-state index in [0.29, 0.717) is 5.69 Å². The molecule has 0 amide bonds. The quantitative estimate of drug-likeness (QED) is 0.394. The average Bonchev–Trinajstić information content (AvgIpc) is 2.80. The number of nitrogens with one attached hydrogen (secondary N) is 1. The van der Waals surface area contributed by atoms with Crippen LogP contribution in [0.1, 0.15) is 19.8 Å². The molecule has 1 fully saturated rings. The van der Waals surface area contributed by atoms with Crippen LogP contribution in [0, 0.1) is 16.0 Å². The first kappa shape index (κ1) is 22.9. The average molecular weight is 488 g/mol. The Labute approximate surface area is 196 Å². The molecule has 33 heavy (non-hydrogen) atoms. The second-order valence-corrected chi connectivity index (χ2v) is 10.1. The van der Waals surface area contributed by atoms with Gasteiger partial charge in [0.05, 0.1) is 15.6 Å². The minimum Gasteiger partial charge on any atom is -0.355 e. The predicted molar refractivity (Wildman–Crippen MR) is 127 cm³/mol. The summed E-state index contributed by atoms with van der Waals surface area (Å²) in [6.07, 6.45) is 2.28. The molecule has 1 N–H and O–H groups in total. The van der Waals surface area contributed by atoms with Crippen LogP contribution < -0.4 is 9.62 Å². The summed E-state index contributed by atoms with van der Waals surface area (Å²) in [7, 11) is -4.12. The molecular formula is C22H22ClN5O4S. The van der Waals surface area contributed by atoms with E-state index in [4.69, 9.17) is 11.6 Å². The first-order chi connectivity index (χ1) is 15.7. The molecule has 0 spiro atoms. The molecule has 0 bridgehead atoms. The van der Waals surface area contributed by atoms with E-state index in [1.807, 2.05) is 12.1 Å². The molecule has 11 heteroatoms. The minimum atomic E-state index is -4.12. The van der Waals surface area contributed by atoms with E-state index in [-0.39, 0.29) is 21.3 Å². The summed E-state index contributed by atoms with van der Waals surface area (Å²) in [5, 5.41) is 19.5. The summed E-state index contributed by atoms with van der Waals surface area (Å²) in [6.45, 7) is 4.20. The fourth-order valence-electron chi connectivity index (χ4n) is 3.62. The number of anilines is 2. The van der Waals surface area contributed by atoms with E-state index in [0.717, 1.165) is 55.4 Å². The number of non-ortho nitro benzene ring substituents is 1. The summed E-state index contributed by atoms with van der Waals surface area (Å²) in [4.78, 5) is 12.2. The highest BCUT2D eigenvalue weighted by Gasteiger charge is 2.22. The Kier molecular flexibility index (Phi) is 6.48. The van der Waals surface area contributed by atoms with Crippen LogP contribution in [0.15, 0.2) is 59.5 Å². The van der Waals surface area contributed by atoms with Crippen molar-refractivity contribution in [3.8, 4) is 11.3 Å². The number of piperidine rings is 1. The molecule has 1 aliphatic heterocycles. The van der Waals surface area contributed by atoms with Crippen molar-refractivity contribution in [3.05, 3.63) is 69.7 Å². The number of nitrogens with zero attached hydrogens (tertiary/aromatic N) is 4. The van der Waals surface area contributed by atoms with Crippen molar-refractivity contribution in [1.82, 2.24) is 10.2 Å². The normalized spacial score (nSPS) is 14.8. The molecule has 9 nitrogen and oxygen atoms in total. The molecule has 172 valence electrons. The van der Waals surface area contributed by atoms with Gasteiger partial charge in [-0.05, 0) is 49.1 Å². The molecule has 0 unspecified atom stereocenters. The smallest absolute Gasteiger partial charge is 0.270 e. The van der Waals surface area contributed by atoms with Gasteiger partial charge in [-0.15, -0.1) is 10.2 Å². The number of hydrogen-bond donors (Lipinski definition) is 1. The van der Waals surface area contributed by atoms with Crippen LogP contribution in [-0.2, 0) is 10.0 Å². The molecule has 3 aromatic rings. The number of sulfonamides is 1. The highest BCUT2D eigenvalue weighted by Crippen LogP contribution is 2.29. The van der Waals surface area contributed by atoms with E-state index in [1.54, 1.807) is 24.3 Å². The zero-order valence-corrected chi connectivity index (χ0v) is 19.4. The topological polar surface area (TPSA) is 118 Å². The van der Waals surface area contributed by atoms with Crippen LogP contribution >= 0.6 is 11.6 Å². The van der Waals surface area contributed by atoms with Crippen LogP contribution in [0.3, 0.4) is 0 Å². The van der Waals surface area contributed by atoms with Crippen molar-refractivity contribution >= 4 is 38.8 Å². The van der Waals surface area contributed by atoms with Crippen LogP contribution in [0.4, 0.5) is 17.2 Å². The summed E-state index contributed by atoms with van der Waals surface area (Å²) >= 11 is 5.97. The SMILES string of the molecule is CC1CCN(c2ccc(-c3ccc(NS(=O)(=O)c4cc([N+](=O)[O-])ccc4Cl)cc3)nn2)CC1. The maximum absolute atomic E-state index is 12.7. The first-order valence-electron chi connectivity index (χ1n) is 10.4. The number of hydrogen-bond acceptors (Lipinski definition) is 7. The maximum Gasteiger partial charge on any atom is 0.270 e. The third kappa shape index (κ3) is 5.23. The van der Waals surface area contributed by atoms with Crippen molar-refractivity contribution in [1.29, 1.82) is 0 Å². The Hall–Kier alpha value is -3.24. The molecule has 4 rings (SSSR count). The zero-order chi connectivity index (χ0) is 23.6. The van der Waals surface area contributed by atoms with Gasteiger partial charge in [-0.3, -0.25) is 14.8 Å². The lowest BCUT2D eigenvalue weighted by molar-refractivity contribution is -0.385. The number of halogens is 1. The molecule has 1 aromatic heterocycles. The third-order valence-corrected chi connectivity index (χ3v) is 7.47. The van der Waals surface area contributed by atoms with Crippen molar-refractivity contribution < 1.29 is 13.3 Å². The second kappa shape index (κ2) is 9.32. The van der Waals surface area contributed by atoms with Gasteiger partial charge >= 0.3 is 0 Å². The molecule has 2 heterocycles. The molecule has 0 atom stereocenters. The van der Waals surface area contributed by atoms with Gasteiger partial charge in [0, 0.05) is 36.5 Å². The Morgan fingerprint density at radius 3 is 2.36 bits per heavy atom. The Balaban J connectivity index is 1.48. The van der Waals surface area contributed by atoms with Gasteiger partial charge in [0.25, 0.3) is 15.7 Å². The van der Waals surface area contributed by atoms with Gasteiger partial charge < -0.3 is 4.90 Å². The summed E-state index contributed by atoms with van der Waals surface area (Å²) < 4.78 is 27.8. The number of nitro benzene ring substituents is 1. The molecular weight excluding hydrogens is 466 g/mol. The van der Waals surface area contributed by atoms with Gasteiger partial charge in [-0.1, -0.05) is 30.7 Å². The highest BCUT2D eigenvalue weighted by molar-refractivity contribution is 7.92. The van der Waals surface area contributed by atoms with E-state index >= 15 is 0 Å². The van der Waals surface area contributed by atoms with Crippen molar-refractivity contribution in [2.24, 2.45) is 5.92 Å². The fraction of sp³-hybridized carbons (Fsp3) is 0.273. The van der Waals surface area contributed by atoms with Crippen LogP contribution in [0.5, 0.6) is 0 Å². The van der Waals surface area contributed by atoms with E-state index in [2.05, 4.69) is 26.7 Å². The van der Waals surface area contributed by atoms with Gasteiger partial charge in [-0.2, -0.15) is 0 Å². The van der Waals surface area contributed by atoms with E-state index in [1.165, 1.54) is 6.07 Å². The van der Waals surface area contributed by atoms with Crippen molar-refractivity contribution in [3.63, 3.8) is 0 Å². The number of benzene rings is 2. The lowest BCUT2D eigenvalue weighted by atomic mass is 9.99. The third-order valence-electron chi connectivity index (χ3n) is 5.61. The minimum absolute atomic E-state index is 0.108. The molecule has 1 saturated heterocycles. The standard InChI is InChI=1S/C22H22ClN5O4S/c1-15-10-12-27(13-11-15)22-9-8-20(24-25-22)16-2-4-17(5-3-16)26-33(31,32)21-14-18(28(29)30)6-7-19(21)23/h2-9,14-15,26H,10-13H2,1H3. The molecule has 0 saturated carbocycles. The molecule has 0 aliphatic carbocycles. The largest absolute Gasteiger partial charge is 0.355 e.